The number of halogens is 3. The van der Waals surface area contributed by atoms with Crippen LogP contribution in [0.1, 0.15) is 21.5 Å². The summed E-state index contributed by atoms with van der Waals surface area (Å²) in [7, 11) is 0. The van der Waals surface area contributed by atoms with E-state index >= 15 is 0 Å². The van der Waals surface area contributed by atoms with Gasteiger partial charge in [0.2, 0.25) is 0 Å². The Kier molecular flexibility index (Phi) is 5.46. The summed E-state index contributed by atoms with van der Waals surface area (Å²) in [5, 5.41) is 4.33. The monoisotopic (exact) mass is 371 g/mol. The Labute approximate surface area is 136 Å². The van der Waals surface area contributed by atoms with Crippen LogP contribution in [-0.4, -0.2) is 5.91 Å². The van der Waals surface area contributed by atoms with Gasteiger partial charge in [0.25, 0.3) is 5.91 Å². The molecule has 0 saturated carbocycles. The van der Waals surface area contributed by atoms with Gasteiger partial charge in [-0.15, -0.1) is 0 Å². The molecule has 0 bridgehead atoms. The molecule has 0 radical (unpaired) electrons. The van der Waals surface area contributed by atoms with Crippen LogP contribution >= 0.6 is 39.1 Å². The molecular weight excluding hydrogens is 361 g/mol. The summed E-state index contributed by atoms with van der Waals surface area (Å²) in [6.07, 6.45) is 0. The summed E-state index contributed by atoms with van der Waals surface area (Å²) in [4.78, 5) is 12.1. The van der Waals surface area contributed by atoms with Crippen molar-refractivity contribution in [3.05, 3.63) is 69.2 Å². The van der Waals surface area contributed by atoms with Crippen LogP contribution in [0, 0.1) is 0 Å². The van der Waals surface area contributed by atoms with Gasteiger partial charge in [0, 0.05) is 11.9 Å². The Morgan fingerprint density at radius 1 is 1.00 bits per heavy atom. The predicted molar refractivity (Wildman–Crippen MR) is 86.7 cm³/mol. The van der Waals surface area contributed by atoms with Crippen LogP contribution in [0.25, 0.3) is 0 Å². The average Bonchev–Trinajstić information content (AvgIpc) is 2.45. The Bertz CT molecular complexity index is 594. The van der Waals surface area contributed by atoms with Crippen molar-refractivity contribution >= 4 is 45.0 Å². The first kappa shape index (κ1) is 15.4. The zero-order valence-corrected chi connectivity index (χ0v) is 13.6. The van der Waals surface area contributed by atoms with Crippen molar-refractivity contribution in [1.29, 1.82) is 0 Å². The average molecular weight is 373 g/mol. The second-order valence-corrected chi connectivity index (χ2v) is 5.60. The molecular formula is C15H12BrCl2NO. The van der Waals surface area contributed by atoms with E-state index in [0.717, 1.165) is 10.9 Å². The number of carbonyl (C=O) groups is 1. The van der Waals surface area contributed by atoms with Crippen LogP contribution < -0.4 is 5.32 Å². The highest BCUT2D eigenvalue weighted by atomic mass is 79.9. The summed E-state index contributed by atoms with van der Waals surface area (Å²) in [5.74, 6) is -0.273. The zero-order chi connectivity index (χ0) is 14.5. The molecule has 0 saturated heterocycles. The van der Waals surface area contributed by atoms with E-state index in [4.69, 9.17) is 23.2 Å². The van der Waals surface area contributed by atoms with Gasteiger partial charge in [0.05, 0.1) is 15.6 Å². The molecule has 0 aliphatic heterocycles. The minimum Gasteiger partial charge on any atom is -0.348 e. The van der Waals surface area contributed by atoms with Crippen LogP contribution in [0.5, 0.6) is 0 Å². The third kappa shape index (κ3) is 3.75. The lowest BCUT2D eigenvalue weighted by Gasteiger charge is -2.08. The highest BCUT2D eigenvalue weighted by Crippen LogP contribution is 2.24. The molecule has 0 aliphatic rings. The SMILES string of the molecule is O=C(NCc1ccc(CBr)cc1)c1c(Cl)cccc1Cl. The minimum absolute atomic E-state index is 0.273. The van der Waals surface area contributed by atoms with E-state index < -0.39 is 0 Å². The molecule has 1 N–H and O–H groups in total. The van der Waals surface area contributed by atoms with Gasteiger partial charge >= 0.3 is 0 Å². The van der Waals surface area contributed by atoms with Crippen molar-refractivity contribution in [3.8, 4) is 0 Å². The number of rotatable bonds is 4. The second-order valence-electron chi connectivity index (χ2n) is 4.23. The molecule has 2 aromatic carbocycles. The fraction of sp³-hybridized carbons (Fsp3) is 0.133. The number of alkyl halides is 1. The minimum atomic E-state index is -0.273. The molecule has 0 heterocycles. The number of carbonyl (C=O) groups excluding carboxylic acids is 1. The van der Waals surface area contributed by atoms with Gasteiger partial charge in [0.15, 0.2) is 0 Å². The molecule has 0 atom stereocenters. The second kappa shape index (κ2) is 7.11. The lowest BCUT2D eigenvalue weighted by Crippen LogP contribution is -2.23. The van der Waals surface area contributed by atoms with Crippen molar-refractivity contribution in [2.45, 2.75) is 11.9 Å². The number of benzene rings is 2. The normalized spacial score (nSPS) is 10.3. The molecule has 0 aromatic heterocycles. The van der Waals surface area contributed by atoms with Gasteiger partial charge in [-0.25, -0.2) is 0 Å². The van der Waals surface area contributed by atoms with E-state index in [-0.39, 0.29) is 5.91 Å². The molecule has 5 heteroatoms. The third-order valence-corrected chi connectivity index (χ3v) is 4.10. The molecule has 0 fully saturated rings. The highest BCUT2D eigenvalue weighted by Gasteiger charge is 2.13. The molecule has 0 aliphatic carbocycles. The van der Waals surface area contributed by atoms with E-state index in [1.165, 1.54) is 5.56 Å². The molecule has 0 spiro atoms. The number of amides is 1. The van der Waals surface area contributed by atoms with Gasteiger partial charge in [-0.05, 0) is 23.3 Å². The smallest absolute Gasteiger partial charge is 0.254 e. The Hall–Kier alpha value is -1.03. The van der Waals surface area contributed by atoms with E-state index in [1.807, 2.05) is 24.3 Å². The maximum atomic E-state index is 12.1. The molecule has 1 amide bonds. The standard InChI is InChI=1S/C15H12BrCl2NO/c16-8-10-4-6-11(7-5-10)9-19-15(20)14-12(17)2-1-3-13(14)18/h1-7H,8-9H2,(H,19,20). The van der Waals surface area contributed by atoms with Crippen molar-refractivity contribution in [3.63, 3.8) is 0 Å². The van der Waals surface area contributed by atoms with Gasteiger partial charge in [-0.1, -0.05) is 69.5 Å². The molecule has 2 rings (SSSR count). The summed E-state index contributed by atoms with van der Waals surface area (Å²) in [6, 6.07) is 13.0. The first-order valence-corrected chi connectivity index (χ1v) is 7.85. The Morgan fingerprint density at radius 2 is 1.55 bits per heavy atom. The van der Waals surface area contributed by atoms with Crippen LogP contribution in [0.15, 0.2) is 42.5 Å². The van der Waals surface area contributed by atoms with Crippen LogP contribution in [-0.2, 0) is 11.9 Å². The fourth-order valence-electron chi connectivity index (χ4n) is 1.73. The first-order valence-electron chi connectivity index (χ1n) is 5.98. The summed E-state index contributed by atoms with van der Waals surface area (Å²) in [6.45, 7) is 0.433. The van der Waals surface area contributed by atoms with Gasteiger partial charge in [0.1, 0.15) is 0 Å². The van der Waals surface area contributed by atoms with Gasteiger partial charge in [-0.2, -0.15) is 0 Å². The highest BCUT2D eigenvalue weighted by molar-refractivity contribution is 9.08. The van der Waals surface area contributed by atoms with E-state index in [1.54, 1.807) is 18.2 Å². The molecule has 20 heavy (non-hydrogen) atoms. The number of hydrogen-bond donors (Lipinski definition) is 1. The molecule has 0 unspecified atom stereocenters. The Morgan fingerprint density at radius 3 is 2.10 bits per heavy atom. The first-order chi connectivity index (χ1) is 9.61. The Balaban J connectivity index is 2.05. The largest absolute Gasteiger partial charge is 0.348 e. The topological polar surface area (TPSA) is 29.1 Å². The van der Waals surface area contributed by atoms with Crippen LogP contribution in [0.3, 0.4) is 0 Å². The van der Waals surface area contributed by atoms with E-state index in [0.29, 0.717) is 22.2 Å². The van der Waals surface area contributed by atoms with Crippen LogP contribution in [0.2, 0.25) is 10.0 Å². The lowest BCUT2D eigenvalue weighted by atomic mass is 10.1. The predicted octanol–water partition coefficient (Wildman–Crippen LogP) is 4.82. The van der Waals surface area contributed by atoms with E-state index in [2.05, 4.69) is 21.2 Å². The molecule has 104 valence electrons. The fourth-order valence-corrected chi connectivity index (χ4v) is 2.67. The van der Waals surface area contributed by atoms with Crippen molar-refractivity contribution in [2.75, 3.05) is 0 Å². The maximum Gasteiger partial charge on any atom is 0.254 e. The number of nitrogens with one attached hydrogen (secondary N) is 1. The summed E-state index contributed by atoms with van der Waals surface area (Å²) >= 11 is 15.4. The molecule has 2 nitrogen and oxygen atoms in total. The lowest BCUT2D eigenvalue weighted by molar-refractivity contribution is 0.0951. The summed E-state index contributed by atoms with van der Waals surface area (Å²) < 4.78 is 0. The van der Waals surface area contributed by atoms with Gasteiger partial charge < -0.3 is 5.32 Å². The van der Waals surface area contributed by atoms with E-state index in [9.17, 15) is 4.79 Å². The van der Waals surface area contributed by atoms with Crippen molar-refractivity contribution in [1.82, 2.24) is 5.32 Å². The quantitative estimate of drug-likeness (QED) is 0.766. The third-order valence-electron chi connectivity index (χ3n) is 2.82. The summed E-state index contributed by atoms with van der Waals surface area (Å²) in [5.41, 5.74) is 2.52. The maximum absolute atomic E-state index is 12.1. The van der Waals surface area contributed by atoms with Crippen LogP contribution in [0.4, 0.5) is 0 Å². The zero-order valence-electron chi connectivity index (χ0n) is 10.5. The van der Waals surface area contributed by atoms with Crippen molar-refractivity contribution < 1.29 is 4.79 Å². The van der Waals surface area contributed by atoms with Crippen molar-refractivity contribution in [2.24, 2.45) is 0 Å². The number of hydrogen-bond acceptors (Lipinski definition) is 1. The molecule has 2 aromatic rings. The van der Waals surface area contributed by atoms with Gasteiger partial charge in [-0.3, -0.25) is 4.79 Å².